The number of likely N-dealkylation sites (N-methyl/N-ethyl adjacent to an activating group) is 1. The van der Waals surface area contributed by atoms with E-state index in [0.29, 0.717) is 4.47 Å². The largest absolute Gasteiger partial charge is 0.310 e. The van der Waals surface area contributed by atoms with Crippen molar-refractivity contribution in [2.75, 3.05) is 6.54 Å². The predicted molar refractivity (Wildman–Crippen MR) is 78.5 cm³/mol. The minimum atomic E-state index is -0.208. The fourth-order valence-corrected chi connectivity index (χ4v) is 2.86. The predicted octanol–water partition coefficient (Wildman–Crippen LogP) is 4.54. The summed E-state index contributed by atoms with van der Waals surface area (Å²) in [5.41, 5.74) is 2.28. The molecule has 4 heteroatoms. The number of rotatable bonds is 5. The van der Waals surface area contributed by atoms with Gasteiger partial charge in [0, 0.05) is 6.04 Å². The normalized spacial score (nSPS) is 12.6. The first kappa shape index (κ1) is 13.7. The van der Waals surface area contributed by atoms with Crippen molar-refractivity contribution < 1.29 is 4.39 Å². The molecule has 2 aromatic rings. The summed E-state index contributed by atoms with van der Waals surface area (Å²) in [6.07, 6.45) is 0.887. The van der Waals surface area contributed by atoms with Gasteiger partial charge in [-0.25, -0.2) is 4.39 Å². The molecule has 1 unspecified atom stereocenters. The smallest absolute Gasteiger partial charge is 0.137 e. The lowest BCUT2D eigenvalue weighted by Crippen LogP contribution is -2.22. The second kappa shape index (κ2) is 6.45. The molecule has 0 amide bonds. The zero-order valence-electron chi connectivity index (χ0n) is 10.1. The number of benzene rings is 1. The van der Waals surface area contributed by atoms with E-state index >= 15 is 0 Å². The zero-order chi connectivity index (χ0) is 13.0. The molecule has 0 aliphatic carbocycles. The Kier molecular flexibility index (Phi) is 4.92. The van der Waals surface area contributed by atoms with E-state index in [2.05, 4.69) is 45.0 Å². The van der Waals surface area contributed by atoms with Gasteiger partial charge in [-0.2, -0.15) is 11.3 Å². The number of hydrogen-bond donors (Lipinski definition) is 1. The van der Waals surface area contributed by atoms with Crippen molar-refractivity contribution in [2.24, 2.45) is 0 Å². The Bertz CT molecular complexity index is 499. The van der Waals surface area contributed by atoms with Crippen molar-refractivity contribution >= 4 is 27.3 Å². The standard InChI is InChI=1S/C14H15BrFNS/c1-2-17-14(7-10-5-6-18-9-10)11-3-4-12(15)13(16)8-11/h3-6,8-9,14,17H,2,7H2,1H3. The van der Waals surface area contributed by atoms with Gasteiger partial charge >= 0.3 is 0 Å². The lowest BCUT2D eigenvalue weighted by Gasteiger charge is -2.18. The third-order valence-electron chi connectivity index (χ3n) is 2.82. The molecule has 0 fully saturated rings. The SMILES string of the molecule is CCNC(Cc1ccsc1)c1ccc(Br)c(F)c1. The number of hydrogen-bond acceptors (Lipinski definition) is 2. The number of nitrogens with one attached hydrogen (secondary N) is 1. The molecule has 1 nitrogen and oxygen atoms in total. The summed E-state index contributed by atoms with van der Waals surface area (Å²) in [6, 6.07) is 7.61. The van der Waals surface area contributed by atoms with Crippen LogP contribution in [0.4, 0.5) is 4.39 Å². The monoisotopic (exact) mass is 327 g/mol. The second-order valence-electron chi connectivity index (χ2n) is 4.12. The van der Waals surface area contributed by atoms with Crippen molar-refractivity contribution in [3.63, 3.8) is 0 Å². The Hall–Kier alpha value is -0.710. The van der Waals surface area contributed by atoms with E-state index in [0.717, 1.165) is 18.5 Å². The molecule has 1 atom stereocenters. The van der Waals surface area contributed by atoms with Crippen LogP contribution in [0, 0.1) is 5.82 Å². The Labute approximate surface area is 119 Å². The lowest BCUT2D eigenvalue weighted by molar-refractivity contribution is 0.542. The average Bonchev–Trinajstić information content (AvgIpc) is 2.85. The first-order valence-corrected chi connectivity index (χ1v) is 7.63. The molecule has 0 saturated carbocycles. The Morgan fingerprint density at radius 1 is 1.39 bits per heavy atom. The van der Waals surface area contributed by atoms with Gasteiger partial charge in [0.2, 0.25) is 0 Å². The fraction of sp³-hybridized carbons (Fsp3) is 0.286. The van der Waals surface area contributed by atoms with E-state index in [-0.39, 0.29) is 11.9 Å². The zero-order valence-corrected chi connectivity index (χ0v) is 12.5. The summed E-state index contributed by atoms with van der Waals surface area (Å²) in [6.45, 7) is 2.93. The van der Waals surface area contributed by atoms with E-state index in [1.54, 1.807) is 23.5 Å². The van der Waals surface area contributed by atoms with Gasteiger partial charge < -0.3 is 5.32 Å². The van der Waals surface area contributed by atoms with E-state index in [1.807, 2.05) is 6.07 Å². The molecular formula is C14H15BrFNS. The molecule has 1 aromatic carbocycles. The Morgan fingerprint density at radius 3 is 2.83 bits per heavy atom. The van der Waals surface area contributed by atoms with E-state index in [4.69, 9.17) is 0 Å². The summed E-state index contributed by atoms with van der Waals surface area (Å²) < 4.78 is 14.1. The third kappa shape index (κ3) is 3.40. The lowest BCUT2D eigenvalue weighted by atomic mass is 10.0. The van der Waals surface area contributed by atoms with Crippen molar-refractivity contribution in [3.05, 3.63) is 56.4 Å². The van der Waals surface area contributed by atoms with Crippen LogP contribution in [0.15, 0.2) is 39.5 Å². The van der Waals surface area contributed by atoms with Crippen molar-refractivity contribution in [3.8, 4) is 0 Å². The molecule has 1 aromatic heterocycles. The van der Waals surface area contributed by atoms with Gasteiger partial charge in [-0.05, 0) is 69.0 Å². The third-order valence-corrected chi connectivity index (χ3v) is 4.19. The van der Waals surface area contributed by atoms with Gasteiger partial charge in [-0.15, -0.1) is 0 Å². The highest BCUT2D eigenvalue weighted by Crippen LogP contribution is 2.24. The summed E-state index contributed by atoms with van der Waals surface area (Å²) in [4.78, 5) is 0. The molecule has 0 bridgehead atoms. The minimum Gasteiger partial charge on any atom is -0.310 e. The van der Waals surface area contributed by atoms with Crippen molar-refractivity contribution in [1.29, 1.82) is 0 Å². The van der Waals surface area contributed by atoms with Gasteiger partial charge in [0.1, 0.15) is 5.82 Å². The van der Waals surface area contributed by atoms with E-state index in [1.165, 1.54) is 5.56 Å². The van der Waals surface area contributed by atoms with Gasteiger partial charge in [-0.3, -0.25) is 0 Å². The van der Waals surface area contributed by atoms with E-state index in [9.17, 15) is 4.39 Å². The summed E-state index contributed by atoms with van der Waals surface area (Å²) in [5, 5.41) is 7.61. The van der Waals surface area contributed by atoms with Crippen LogP contribution in [0.25, 0.3) is 0 Å². The molecule has 96 valence electrons. The van der Waals surface area contributed by atoms with Crippen LogP contribution in [0.5, 0.6) is 0 Å². The highest BCUT2D eigenvalue weighted by atomic mass is 79.9. The first-order chi connectivity index (χ1) is 8.70. The topological polar surface area (TPSA) is 12.0 Å². The van der Waals surface area contributed by atoms with Crippen molar-refractivity contribution in [2.45, 2.75) is 19.4 Å². The Morgan fingerprint density at radius 2 is 2.22 bits per heavy atom. The highest BCUT2D eigenvalue weighted by Gasteiger charge is 2.13. The second-order valence-corrected chi connectivity index (χ2v) is 5.75. The highest BCUT2D eigenvalue weighted by molar-refractivity contribution is 9.10. The number of halogens is 2. The van der Waals surface area contributed by atoms with Crippen molar-refractivity contribution in [1.82, 2.24) is 5.32 Å². The van der Waals surface area contributed by atoms with E-state index < -0.39 is 0 Å². The molecule has 2 rings (SSSR count). The maximum atomic E-state index is 13.6. The Balaban J connectivity index is 2.20. The van der Waals surface area contributed by atoms with Gasteiger partial charge in [0.15, 0.2) is 0 Å². The molecule has 18 heavy (non-hydrogen) atoms. The summed E-state index contributed by atoms with van der Waals surface area (Å²) in [7, 11) is 0. The molecule has 1 heterocycles. The average molecular weight is 328 g/mol. The molecule has 0 saturated heterocycles. The minimum absolute atomic E-state index is 0.159. The molecular weight excluding hydrogens is 313 g/mol. The summed E-state index contributed by atoms with van der Waals surface area (Å²) in [5.74, 6) is -0.208. The first-order valence-electron chi connectivity index (χ1n) is 5.90. The quantitative estimate of drug-likeness (QED) is 0.849. The maximum absolute atomic E-state index is 13.6. The van der Waals surface area contributed by atoms with Crippen LogP contribution in [-0.4, -0.2) is 6.54 Å². The maximum Gasteiger partial charge on any atom is 0.137 e. The van der Waals surface area contributed by atoms with Gasteiger partial charge in [-0.1, -0.05) is 13.0 Å². The molecule has 0 aliphatic rings. The molecule has 0 aliphatic heterocycles. The van der Waals surface area contributed by atoms with Crippen LogP contribution in [0.1, 0.15) is 24.1 Å². The fourth-order valence-electron chi connectivity index (χ4n) is 1.93. The van der Waals surface area contributed by atoms with Crippen LogP contribution in [0.3, 0.4) is 0 Å². The number of thiophene rings is 1. The van der Waals surface area contributed by atoms with Crippen LogP contribution in [0.2, 0.25) is 0 Å². The van der Waals surface area contributed by atoms with Crippen LogP contribution < -0.4 is 5.32 Å². The van der Waals surface area contributed by atoms with Crippen LogP contribution >= 0.6 is 27.3 Å². The molecule has 0 spiro atoms. The van der Waals surface area contributed by atoms with Crippen LogP contribution in [-0.2, 0) is 6.42 Å². The molecule has 0 radical (unpaired) electrons. The van der Waals surface area contributed by atoms with Gasteiger partial charge in [0.05, 0.1) is 4.47 Å². The molecule has 1 N–H and O–H groups in total. The summed E-state index contributed by atoms with van der Waals surface area (Å²) >= 11 is 4.88. The van der Waals surface area contributed by atoms with Gasteiger partial charge in [0.25, 0.3) is 0 Å².